The number of benzene rings is 2. The first-order chi connectivity index (χ1) is 20.3. The van der Waals surface area contributed by atoms with Crippen LogP contribution in [0.5, 0.6) is 0 Å². The monoisotopic (exact) mass is 541 g/mol. The average molecular weight is 542 g/mol. The van der Waals surface area contributed by atoms with Crippen LogP contribution in [0.4, 0.5) is 5.69 Å². The molecule has 4 saturated heterocycles. The predicted molar refractivity (Wildman–Crippen MR) is 161 cm³/mol. The van der Waals surface area contributed by atoms with Crippen LogP contribution in [-0.4, -0.2) is 46.9 Å². The first-order valence-corrected chi connectivity index (χ1v) is 15.0. The van der Waals surface area contributed by atoms with E-state index in [1.807, 2.05) is 0 Å². The zero-order valence-electron chi connectivity index (χ0n) is 23.3. The van der Waals surface area contributed by atoms with Crippen LogP contribution in [0.2, 0.25) is 0 Å². The van der Waals surface area contributed by atoms with Crippen LogP contribution in [0.15, 0.2) is 126 Å². The van der Waals surface area contributed by atoms with Crippen molar-refractivity contribution in [2.75, 3.05) is 18.7 Å². The van der Waals surface area contributed by atoms with Gasteiger partial charge < -0.3 is 15.0 Å². The molecule has 206 valence electrons. The minimum absolute atomic E-state index is 0.175. The van der Waals surface area contributed by atoms with Crippen LogP contribution >= 0.6 is 0 Å². The second kappa shape index (κ2) is 9.08. The molecule has 7 aliphatic rings. The Kier molecular flexibility index (Phi) is 5.28. The summed E-state index contributed by atoms with van der Waals surface area (Å²) in [6, 6.07) is 20.9. The number of fused-ring (bicyclic) bond motifs is 5. The van der Waals surface area contributed by atoms with Gasteiger partial charge in [-0.25, -0.2) is 0 Å². The summed E-state index contributed by atoms with van der Waals surface area (Å²) >= 11 is 0. The van der Waals surface area contributed by atoms with Crippen LogP contribution in [0, 0.1) is 11.8 Å². The number of allylic oxidation sites excluding steroid dienone is 5. The maximum Gasteiger partial charge on any atom is 0.159 e. The van der Waals surface area contributed by atoms with Gasteiger partial charge in [0.15, 0.2) is 6.73 Å². The fourth-order valence-electron chi connectivity index (χ4n) is 8.24. The standard InChI is InChI=1S/C35H35N5O/c1-37-33(23-11-4-2-5-12-23)39-35(24-13-6-3-7-14-24)40(39)34(37)25-15-10-16-26(19-25)38-30-18-9-8-17-27(30)28-20-32-29(21-31(28)38)36-22-41-32/h2-4,6-11,13-21,27-28,30-31,33-36H,5,12,22H2,1H3. The molecule has 0 saturated carbocycles. The van der Waals surface area contributed by atoms with Gasteiger partial charge in [-0.05, 0) is 60.9 Å². The summed E-state index contributed by atoms with van der Waals surface area (Å²) in [4.78, 5) is 5.22. The largest absolute Gasteiger partial charge is 0.471 e. The molecule has 6 heteroatoms. The Morgan fingerprint density at radius 3 is 2.54 bits per heavy atom. The lowest BCUT2D eigenvalue weighted by molar-refractivity contribution is 0.161. The van der Waals surface area contributed by atoms with Crippen molar-refractivity contribution in [2.24, 2.45) is 11.8 Å². The lowest BCUT2D eigenvalue weighted by Crippen LogP contribution is -2.38. The number of ether oxygens (including phenoxy) is 1. The minimum Gasteiger partial charge on any atom is -0.471 e. The van der Waals surface area contributed by atoms with Gasteiger partial charge in [-0.3, -0.25) is 4.90 Å². The molecule has 2 aromatic rings. The van der Waals surface area contributed by atoms with Gasteiger partial charge in [-0.15, -0.1) is 0 Å². The van der Waals surface area contributed by atoms with E-state index < -0.39 is 0 Å². The minimum atomic E-state index is 0.175. The Balaban J connectivity index is 1.10. The van der Waals surface area contributed by atoms with E-state index in [0.717, 1.165) is 24.3 Å². The van der Waals surface area contributed by atoms with E-state index in [4.69, 9.17) is 4.74 Å². The van der Waals surface area contributed by atoms with E-state index in [2.05, 4.69) is 141 Å². The molecule has 0 radical (unpaired) electrons. The number of anilines is 1. The molecule has 9 unspecified atom stereocenters. The van der Waals surface area contributed by atoms with Crippen molar-refractivity contribution < 1.29 is 4.74 Å². The van der Waals surface area contributed by atoms with E-state index in [-0.39, 0.29) is 18.4 Å². The van der Waals surface area contributed by atoms with Crippen molar-refractivity contribution in [2.45, 2.75) is 43.4 Å². The Labute approximate surface area is 241 Å². The number of nitrogens with zero attached hydrogens (tertiary/aromatic N) is 4. The second-order valence-corrected chi connectivity index (χ2v) is 12.2. The lowest BCUT2D eigenvalue weighted by atomic mass is 9.82. The van der Waals surface area contributed by atoms with Gasteiger partial charge in [0, 0.05) is 17.5 Å². The van der Waals surface area contributed by atoms with Gasteiger partial charge in [0.1, 0.15) is 24.3 Å². The molecule has 4 fully saturated rings. The molecule has 9 rings (SSSR count). The molecule has 0 spiro atoms. The number of hydrogen-bond donors (Lipinski definition) is 1. The van der Waals surface area contributed by atoms with Crippen molar-refractivity contribution in [3.05, 3.63) is 137 Å². The summed E-state index contributed by atoms with van der Waals surface area (Å²) in [7, 11) is 2.30. The van der Waals surface area contributed by atoms with Crippen LogP contribution in [-0.2, 0) is 4.74 Å². The number of hydrogen-bond acceptors (Lipinski definition) is 6. The van der Waals surface area contributed by atoms with Crippen molar-refractivity contribution in [1.82, 2.24) is 20.2 Å². The van der Waals surface area contributed by atoms with Crippen LogP contribution < -0.4 is 10.2 Å². The molecule has 6 nitrogen and oxygen atoms in total. The second-order valence-electron chi connectivity index (χ2n) is 12.2. The highest BCUT2D eigenvalue weighted by molar-refractivity contribution is 5.59. The highest BCUT2D eigenvalue weighted by Crippen LogP contribution is 2.58. The topological polar surface area (TPSA) is 33.8 Å². The van der Waals surface area contributed by atoms with Crippen LogP contribution in [0.25, 0.3) is 0 Å². The van der Waals surface area contributed by atoms with Gasteiger partial charge in [0.25, 0.3) is 0 Å². The molecule has 1 N–H and O–H groups in total. The van der Waals surface area contributed by atoms with Crippen LogP contribution in [0.3, 0.4) is 0 Å². The van der Waals surface area contributed by atoms with Crippen molar-refractivity contribution in [3.8, 4) is 0 Å². The number of nitrogens with one attached hydrogen (secondary N) is 1. The zero-order chi connectivity index (χ0) is 27.1. The molecule has 0 bridgehead atoms. The summed E-state index contributed by atoms with van der Waals surface area (Å²) in [6.45, 7) is 0.562. The fraction of sp³-hybridized carbons (Fsp3) is 0.314. The normalized spacial score (nSPS) is 37.7. The van der Waals surface area contributed by atoms with E-state index in [1.165, 1.54) is 22.4 Å². The summed E-state index contributed by atoms with van der Waals surface area (Å²) in [5.41, 5.74) is 6.65. The van der Waals surface area contributed by atoms with Crippen molar-refractivity contribution in [3.63, 3.8) is 0 Å². The Morgan fingerprint density at radius 2 is 1.66 bits per heavy atom. The van der Waals surface area contributed by atoms with Crippen LogP contribution in [0.1, 0.15) is 36.3 Å². The third-order valence-electron chi connectivity index (χ3n) is 9.99. The molecule has 0 amide bonds. The van der Waals surface area contributed by atoms with Crippen molar-refractivity contribution in [1.29, 1.82) is 0 Å². The molecule has 41 heavy (non-hydrogen) atoms. The Bertz CT molecular complexity index is 1570. The quantitative estimate of drug-likeness (QED) is 0.498. The van der Waals surface area contributed by atoms with E-state index >= 15 is 0 Å². The number of hydrazine groups is 1. The smallest absolute Gasteiger partial charge is 0.159 e. The summed E-state index contributed by atoms with van der Waals surface area (Å²) < 4.78 is 5.90. The first-order valence-electron chi connectivity index (χ1n) is 15.0. The van der Waals surface area contributed by atoms with E-state index in [1.54, 1.807) is 0 Å². The van der Waals surface area contributed by atoms with Gasteiger partial charge in [0.2, 0.25) is 0 Å². The van der Waals surface area contributed by atoms with Gasteiger partial charge in [-0.2, -0.15) is 10.0 Å². The lowest BCUT2D eigenvalue weighted by Gasteiger charge is -2.34. The summed E-state index contributed by atoms with van der Waals surface area (Å²) in [6.07, 6.45) is 23.8. The maximum atomic E-state index is 5.90. The van der Waals surface area contributed by atoms with Gasteiger partial charge >= 0.3 is 0 Å². The van der Waals surface area contributed by atoms with E-state index in [9.17, 15) is 0 Å². The predicted octanol–water partition coefficient (Wildman–Crippen LogP) is 5.74. The molecular weight excluding hydrogens is 506 g/mol. The molecule has 2 aromatic carbocycles. The Morgan fingerprint density at radius 1 is 0.805 bits per heavy atom. The summed E-state index contributed by atoms with van der Waals surface area (Å²) in [5.74, 6) is 1.83. The molecule has 4 heterocycles. The summed E-state index contributed by atoms with van der Waals surface area (Å²) in [5, 5.41) is 8.62. The fourth-order valence-corrected chi connectivity index (χ4v) is 8.24. The molecule has 9 atom stereocenters. The molecule has 4 aliphatic heterocycles. The van der Waals surface area contributed by atoms with Gasteiger partial charge in [-0.1, -0.05) is 85.0 Å². The molecular formula is C35H35N5O. The van der Waals surface area contributed by atoms with Gasteiger partial charge in [0.05, 0.1) is 17.8 Å². The zero-order valence-corrected chi connectivity index (χ0v) is 23.3. The van der Waals surface area contributed by atoms with Crippen molar-refractivity contribution >= 4 is 5.69 Å². The first kappa shape index (κ1) is 23.8. The Hall–Kier alpha value is -3.84. The number of rotatable bonds is 4. The molecule has 0 aromatic heterocycles. The number of likely N-dealkylation sites (N-methyl/N-ethyl adjacent to an activating group) is 1. The highest BCUT2D eigenvalue weighted by Gasteiger charge is 2.63. The third-order valence-corrected chi connectivity index (χ3v) is 9.99. The SMILES string of the molecule is CN1C(C2=CC=CCC2)N2C(c3ccccc3)N2C1c1cccc(N2C3C=CC=CC3C3C=C4OCNC4=CC32)c1. The van der Waals surface area contributed by atoms with E-state index in [0.29, 0.717) is 30.8 Å². The third kappa shape index (κ3) is 3.54. The molecule has 3 aliphatic carbocycles. The average Bonchev–Trinajstić information content (AvgIpc) is 3.29. The highest BCUT2D eigenvalue weighted by atomic mass is 16.5. The maximum absolute atomic E-state index is 5.90.